The molecule has 0 spiro atoms. The Hall–Kier alpha value is -4.25. The lowest BCUT2D eigenvalue weighted by Crippen LogP contribution is -2.48. The number of fused-ring (bicyclic) bond motifs is 1. The van der Waals surface area contributed by atoms with Crippen LogP contribution in [0.2, 0.25) is 5.02 Å². The van der Waals surface area contributed by atoms with Crippen LogP contribution in [0.4, 0.5) is 11.8 Å². The van der Waals surface area contributed by atoms with Gasteiger partial charge >= 0.3 is 0 Å². The van der Waals surface area contributed by atoms with Crippen molar-refractivity contribution in [3.05, 3.63) is 53.3 Å². The minimum Gasteiger partial charge on any atom is -0.493 e. The molecule has 2 aromatic carbocycles. The minimum atomic E-state index is -0.101. The monoisotopic (exact) mass is 509 g/mol. The van der Waals surface area contributed by atoms with Crippen molar-refractivity contribution in [2.45, 2.75) is 6.54 Å². The number of aromatic amines is 1. The van der Waals surface area contributed by atoms with Gasteiger partial charge in [0.1, 0.15) is 11.6 Å². The molecule has 5 rings (SSSR count). The number of imidazole rings is 1. The number of H-pyrrole nitrogens is 1. The molecule has 1 aliphatic heterocycles. The van der Waals surface area contributed by atoms with Crippen LogP contribution in [0.1, 0.15) is 5.82 Å². The first kappa shape index (κ1) is 23.5. The van der Waals surface area contributed by atoms with Crippen LogP contribution in [0.3, 0.4) is 0 Å². The number of para-hydroxylation sites is 2. The highest BCUT2D eigenvalue weighted by Crippen LogP contribution is 2.39. The number of amides is 1. The topological polar surface area (TPSA) is 127 Å². The second-order valence-corrected chi connectivity index (χ2v) is 8.36. The summed E-state index contributed by atoms with van der Waals surface area (Å²) in [6.45, 7) is 1.59. The fraction of sp³-hybridized carbons (Fsp3) is 0.250. The van der Waals surface area contributed by atoms with Gasteiger partial charge in [-0.05, 0) is 12.1 Å². The van der Waals surface area contributed by atoms with E-state index in [0.29, 0.717) is 53.7 Å². The minimum absolute atomic E-state index is 0.101. The van der Waals surface area contributed by atoms with Gasteiger partial charge in [0.05, 0.1) is 43.4 Å². The first-order valence-electron chi connectivity index (χ1n) is 11.2. The molecule has 186 valence electrons. The largest absolute Gasteiger partial charge is 0.493 e. The SMILES string of the molecule is COc1cc(Cl)c(Oc2cc(NCc3nc4ccccc4[nH]3)nc(N3CCNC(=O)C3)n2)cc1OC. The van der Waals surface area contributed by atoms with Gasteiger partial charge in [0.2, 0.25) is 17.7 Å². The number of benzene rings is 2. The van der Waals surface area contributed by atoms with Crippen LogP contribution in [0.15, 0.2) is 42.5 Å². The standard InChI is InChI=1S/C24H24ClN7O4/c1-34-18-9-14(25)17(10-19(18)35-2)36-23-11-20(30-24(31-23)32-8-7-26-22(33)13-32)27-12-21-28-15-5-3-4-6-16(15)29-21/h3-6,9-11H,7-8,12-13H2,1-2H3,(H,26,33)(H,28,29)(H,27,30,31). The average Bonchev–Trinajstić information content (AvgIpc) is 3.31. The molecule has 12 heteroatoms. The molecule has 1 amide bonds. The smallest absolute Gasteiger partial charge is 0.239 e. The third kappa shape index (κ3) is 5.05. The van der Waals surface area contributed by atoms with Gasteiger partial charge in [-0.1, -0.05) is 23.7 Å². The van der Waals surface area contributed by atoms with Crippen molar-refractivity contribution < 1.29 is 19.0 Å². The summed E-state index contributed by atoms with van der Waals surface area (Å²) in [5.74, 6) is 3.01. The van der Waals surface area contributed by atoms with E-state index in [2.05, 4.69) is 30.6 Å². The van der Waals surface area contributed by atoms with E-state index < -0.39 is 0 Å². The Morgan fingerprint density at radius 1 is 1.06 bits per heavy atom. The van der Waals surface area contributed by atoms with E-state index >= 15 is 0 Å². The van der Waals surface area contributed by atoms with Crippen LogP contribution in [0.5, 0.6) is 23.1 Å². The van der Waals surface area contributed by atoms with Crippen LogP contribution >= 0.6 is 11.6 Å². The zero-order chi connectivity index (χ0) is 25.1. The molecule has 3 heterocycles. The number of nitrogens with one attached hydrogen (secondary N) is 3. The van der Waals surface area contributed by atoms with E-state index in [9.17, 15) is 4.79 Å². The average molecular weight is 510 g/mol. The maximum absolute atomic E-state index is 12.0. The number of hydrogen-bond acceptors (Lipinski definition) is 9. The molecule has 0 radical (unpaired) electrons. The fourth-order valence-electron chi connectivity index (χ4n) is 3.80. The van der Waals surface area contributed by atoms with Crippen LogP contribution in [0, 0.1) is 0 Å². The van der Waals surface area contributed by atoms with Gasteiger partial charge in [0, 0.05) is 31.3 Å². The van der Waals surface area contributed by atoms with Gasteiger partial charge in [-0.25, -0.2) is 4.98 Å². The third-order valence-electron chi connectivity index (χ3n) is 5.54. The van der Waals surface area contributed by atoms with E-state index in [0.717, 1.165) is 16.9 Å². The quantitative estimate of drug-likeness (QED) is 0.327. The Bertz CT molecular complexity index is 1380. The second-order valence-electron chi connectivity index (χ2n) is 7.96. The molecule has 0 unspecified atom stereocenters. The zero-order valence-electron chi connectivity index (χ0n) is 19.7. The summed E-state index contributed by atoms with van der Waals surface area (Å²) < 4.78 is 16.7. The number of ether oxygens (including phenoxy) is 3. The second kappa shape index (κ2) is 10.2. The van der Waals surface area contributed by atoms with Crippen molar-refractivity contribution in [2.75, 3.05) is 44.1 Å². The lowest BCUT2D eigenvalue weighted by Gasteiger charge is -2.27. The molecule has 0 bridgehead atoms. The maximum Gasteiger partial charge on any atom is 0.239 e. The molecule has 1 saturated heterocycles. The first-order valence-corrected chi connectivity index (χ1v) is 11.6. The van der Waals surface area contributed by atoms with Gasteiger partial charge in [0.15, 0.2) is 17.2 Å². The number of nitrogens with zero attached hydrogens (tertiary/aromatic N) is 4. The van der Waals surface area contributed by atoms with Crippen molar-refractivity contribution in [1.29, 1.82) is 0 Å². The number of anilines is 2. The van der Waals surface area contributed by atoms with E-state index in [-0.39, 0.29) is 18.3 Å². The molecular formula is C24H24ClN7O4. The highest BCUT2D eigenvalue weighted by atomic mass is 35.5. The number of rotatable bonds is 8. The van der Waals surface area contributed by atoms with Gasteiger partial charge in [0.25, 0.3) is 0 Å². The van der Waals surface area contributed by atoms with Gasteiger partial charge in [-0.15, -0.1) is 0 Å². The predicted molar refractivity (Wildman–Crippen MR) is 135 cm³/mol. The van der Waals surface area contributed by atoms with Crippen molar-refractivity contribution in [3.8, 4) is 23.1 Å². The summed E-state index contributed by atoms with van der Waals surface area (Å²) >= 11 is 6.42. The van der Waals surface area contributed by atoms with Gasteiger partial charge in [-0.3, -0.25) is 4.79 Å². The van der Waals surface area contributed by atoms with Crippen LogP contribution in [-0.4, -0.2) is 59.7 Å². The molecule has 2 aromatic heterocycles. The fourth-order valence-corrected chi connectivity index (χ4v) is 3.99. The number of hydrogen-bond donors (Lipinski definition) is 3. The molecule has 11 nitrogen and oxygen atoms in total. The number of piperazine rings is 1. The van der Waals surface area contributed by atoms with Crippen LogP contribution < -0.4 is 29.7 Å². The third-order valence-corrected chi connectivity index (χ3v) is 5.84. The van der Waals surface area contributed by atoms with E-state index in [1.165, 1.54) is 14.2 Å². The number of carbonyl (C=O) groups excluding carboxylic acids is 1. The Kier molecular flexibility index (Phi) is 6.63. The predicted octanol–water partition coefficient (Wildman–Crippen LogP) is 3.36. The number of carbonyl (C=O) groups is 1. The first-order chi connectivity index (χ1) is 17.5. The summed E-state index contributed by atoms with van der Waals surface area (Å²) in [6, 6.07) is 12.7. The highest BCUT2D eigenvalue weighted by Gasteiger charge is 2.21. The Balaban J connectivity index is 1.44. The van der Waals surface area contributed by atoms with Gasteiger partial charge < -0.3 is 34.7 Å². The Morgan fingerprint density at radius 2 is 1.86 bits per heavy atom. The molecular weight excluding hydrogens is 486 g/mol. The molecule has 0 saturated carbocycles. The summed E-state index contributed by atoms with van der Waals surface area (Å²) in [6.07, 6.45) is 0. The van der Waals surface area contributed by atoms with E-state index in [1.807, 2.05) is 24.3 Å². The summed E-state index contributed by atoms with van der Waals surface area (Å²) in [5.41, 5.74) is 1.83. The van der Waals surface area contributed by atoms with Crippen LogP contribution in [0.25, 0.3) is 11.0 Å². The Morgan fingerprint density at radius 3 is 2.64 bits per heavy atom. The molecule has 1 aliphatic rings. The molecule has 0 atom stereocenters. The van der Waals surface area contributed by atoms with Crippen molar-refractivity contribution in [3.63, 3.8) is 0 Å². The molecule has 4 aromatic rings. The van der Waals surface area contributed by atoms with Crippen molar-refractivity contribution >= 4 is 40.3 Å². The molecule has 3 N–H and O–H groups in total. The number of halogens is 1. The zero-order valence-corrected chi connectivity index (χ0v) is 20.4. The summed E-state index contributed by atoms with van der Waals surface area (Å²) in [4.78, 5) is 30.8. The molecule has 1 fully saturated rings. The van der Waals surface area contributed by atoms with Gasteiger partial charge in [-0.2, -0.15) is 9.97 Å². The number of aromatic nitrogens is 4. The number of methoxy groups -OCH3 is 2. The lowest BCUT2D eigenvalue weighted by molar-refractivity contribution is -0.120. The summed E-state index contributed by atoms with van der Waals surface area (Å²) in [7, 11) is 3.06. The summed E-state index contributed by atoms with van der Waals surface area (Å²) in [5, 5.41) is 6.39. The lowest BCUT2D eigenvalue weighted by atomic mass is 10.3. The van der Waals surface area contributed by atoms with E-state index in [1.54, 1.807) is 23.1 Å². The normalized spacial score (nSPS) is 13.4. The molecule has 0 aliphatic carbocycles. The van der Waals surface area contributed by atoms with E-state index in [4.69, 9.17) is 25.8 Å². The molecule has 36 heavy (non-hydrogen) atoms. The highest BCUT2D eigenvalue weighted by molar-refractivity contribution is 6.32. The van der Waals surface area contributed by atoms with Crippen molar-refractivity contribution in [2.24, 2.45) is 0 Å². The van der Waals surface area contributed by atoms with Crippen LogP contribution in [-0.2, 0) is 11.3 Å². The maximum atomic E-state index is 12.0. The van der Waals surface area contributed by atoms with Crippen molar-refractivity contribution in [1.82, 2.24) is 25.3 Å². The Labute approximate surface area is 211 Å².